The van der Waals surface area contributed by atoms with Gasteiger partial charge in [0, 0.05) is 29.7 Å². The first kappa shape index (κ1) is 17.7. The maximum atomic E-state index is 12.4. The second kappa shape index (κ2) is 5.89. The summed E-state index contributed by atoms with van der Waals surface area (Å²) < 4.78 is 0. The first-order valence-corrected chi connectivity index (χ1v) is 9.77. The smallest absolute Gasteiger partial charge is 0.220 e. The summed E-state index contributed by atoms with van der Waals surface area (Å²) in [6.45, 7) is 2.95. The Kier molecular flexibility index (Phi) is 4.01. The number of aliphatic hydroxyl groups excluding tert-OH is 1. The molecule has 4 rings (SSSR count). The van der Waals surface area contributed by atoms with Crippen LogP contribution in [0.4, 0.5) is 0 Å². The average molecular weight is 358 g/mol. The van der Waals surface area contributed by atoms with Gasteiger partial charge < -0.3 is 15.1 Å². The van der Waals surface area contributed by atoms with Crippen molar-refractivity contribution in [2.75, 3.05) is 13.6 Å². The van der Waals surface area contributed by atoms with E-state index in [0.717, 1.165) is 12.1 Å². The average Bonchev–Trinajstić information content (AvgIpc) is 3.42. The third-order valence-electron chi connectivity index (χ3n) is 7.07. The number of ketones is 2. The van der Waals surface area contributed by atoms with Gasteiger partial charge in [0.05, 0.1) is 13.6 Å². The van der Waals surface area contributed by atoms with Gasteiger partial charge in [-0.15, -0.1) is 0 Å². The van der Waals surface area contributed by atoms with Gasteiger partial charge in [-0.05, 0) is 43.4 Å². The maximum absolute atomic E-state index is 12.4. The lowest BCUT2D eigenvalue weighted by molar-refractivity contribution is -0.910. The molecule has 0 spiro atoms. The molecule has 0 radical (unpaired) electrons. The molecule has 0 aromatic carbocycles. The molecule has 26 heavy (non-hydrogen) atoms. The number of Topliss-reactive ketones (excluding diaryl/α,β-unsaturated/α-hetero) is 1. The Balaban J connectivity index is 1.90. The number of hydrogen-bond donors (Lipinski definition) is 3. The molecular formula is C21H28NO4+. The standard InChI is InChI=1S/C21H27NO4/c1-3-20-11-15(23)8-9-21(20,26)17(22(2)12-13-4-5-13)10-14-6-7-16(24)19(25)18(14)20/h6-7,10,13,17,25-26H,3-5,8-9,11-12H2,1-2H3/p+1/t17-,20-,21-/m1/s1. The third-order valence-corrected chi connectivity index (χ3v) is 7.07. The van der Waals surface area contributed by atoms with Crippen LogP contribution in [0.1, 0.15) is 45.4 Å². The van der Waals surface area contributed by atoms with E-state index in [9.17, 15) is 19.8 Å². The van der Waals surface area contributed by atoms with Gasteiger partial charge in [0.1, 0.15) is 17.4 Å². The fourth-order valence-electron chi connectivity index (χ4n) is 5.51. The highest BCUT2D eigenvalue weighted by molar-refractivity contribution is 6.05. The lowest BCUT2D eigenvalue weighted by atomic mass is 9.50. The molecule has 2 fully saturated rings. The molecule has 0 bridgehead atoms. The van der Waals surface area contributed by atoms with Crippen LogP contribution in [0.2, 0.25) is 0 Å². The van der Waals surface area contributed by atoms with Crippen molar-refractivity contribution in [1.82, 2.24) is 0 Å². The summed E-state index contributed by atoms with van der Waals surface area (Å²) in [5.41, 5.74) is -0.749. The van der Waals surface area contributed by atoms with E-state index in [4.69, 9.17) is 0 Å². The summed E-state index contributed by atoms with van der Waals surface area (Å²) in [5.74, 6) is 0.0697. The van der Waals surface area contributed by atoms with E-state index in [0.29, 0.717) is 30.8 Å². The van der Waals surface area contributed by atoms with Gasteiger partial charge in [-0.1, -0.05) is 13.0 Å². The van der Waals surface area contributed by atoms with Crippen LogP contribution in [-0.4, -0.2) is 47.0 Å². The molecule has 0 aromatic heterocycles. The minimum absolute atomic E-state index is 0.0960. The molecule has 0 aromatic rings. The van der Waals surface area contributed by atoms with Crippen molar-refractivity contribution >= 4 is 11.6 Å². The fraction of sp³-hybridized carbons (Fsp3) is 0.619. The number of carbonyl (C=O) groups is 2. The third kappa shape index (κ3) is 2.37. The Morgan fingerprint density at radius 3 is 2.65 bits per heavy atom. The lowest BCUT2D eigenvalue weighted by Crippen LogP contribution is -3.16. The minimum Gasteiger partial charge on any atom is -0.504 e. The Bertz CT molecular complexity index is 760. The molecule has 5 heteroatoms. The monoisotopic (exact) mass is 358 g/mol. The molecule has 5 nitrogen and oxygen atoms in total. The molecule has 4 atom stereocenters. The van der Waals surface area contributed by atoms with Crippen molar-refractivity contribution in [1.29, 1.82) is 0 Å². The fourth-order valence-corrected chi connectivity index (χ4v) is 5.51. The lowest BCUT2D eigenvalue weighted by Gasteiger charge is -2.57. The molecule has 0 amide bonds. The number of allylic oxidation sites excluding steroid dienone is 3. The normalized spacial score (nSPS) is 38.0. The number of rotatable bonds is 4. The van der Waals surface area contributed by atoms with Gasteiger partial charge in [-0.2, -0.15) is 0 Å². The quantitative estimate of drug-likeness (QED) is 0.702. The van der Waals surface area contributed by atoms with Gasteiger partial charge in [0.15, 0.2) is 5.76 Å². The summed E-state index contributed by atoms with van der Waals surface area (Å²) >= 11 is 0. The van der Waals surface area contributed by atoms with E-state index in [-0.39, 0.29) is 24.0 Å². The zero-order valence-electron chi connectivity index (χ0n) is 15.5. The first-order valence-electron chi connectivity index (χ1n) is 9.77. The number of aliphatic hydroxyl groups is 2. The summed E-state index contributed by atoms with van der Waals surface area (Å²) in [7, 11) is 2.11. The Morgan fingerprint density at radius 1 is 1.27 bits per heavy atom. The van der Waals surface area contributed by atoms with Gasteiger partial charge in [-0.3, -0.25) is 9.59 Å². The van der Waals surface area contributed by atoms with Gasteiger partial charge >= 0.3 is 0 Å². The molecule has 0 heterocycles. The Labute approximate surface area is 154 Å². The zero-order chi connectivity index (χ0) is 18.7. The van der Waals surface area contributed by atoms with Gasteiger partial charge in [-0.25, -0.2) is 0 Å². The summed E-state index contributed by atoms with van der Waals surface area (Å²) in [6, 6.07) is -0.152. The van der Waals surface area contributed by atoms with Crippen LogP contribution in [0.3, 0.4) is 0 Å². The van der Waals surface area contributed by atoms with E-state index in [1.807, 2.05) is 13.0 Å². The second-order valence-electron chi connectivity index (χ2n) is 8.59. The van der Waals surface area contributed by atoms with Crippen molar-refractivity contribution in [2.24, 2.45) is 11.3 Å². The highest BCUT2D eigenvalue weighted by Gasteiger charge is 2.64. The highest BCUT2D eigenvalue weighted by Crippen LogP contribution is 2.58. The highest BCUT2D eigenvalue weighted by atomic mass is 16.3. The van der Waals surface area contributed by atoms with Crippen LogP contribution in [0.25, 0.3) is 0 Å². The van der Waals surface area contributed by atoms with Crippen LogP contribution >= 0.6 is 0 Å². The molecular weight excluding hydrogens is 330 g/mol. The summed E-state index contributed by atoms with van der Waals surface area (Å²) in [5, 5.41) is 22.6. The minimum atomic E-state index is -1.13. The van der Waals surface area contributed by atoms with Crippen molar-refractivity contribution in [2.45, 2.75) is 57.1 Å². The molecule has 3 N–H and O–H groups in total. The van der Waals surface area contributed by atoms with E-state index < -0.39 is 16.8 Å². The zero-order valence-corrected chi connectivity index (χ0v) is 15.5. The largest absolute Gasteiger partial charge is 0.504 e. The Morgan fingerprint density at radius 2 is 2.00 bits per heavy atom. The van der Waals surface area contributed by atoms with E-state index in [1.165, 1.54) is 23.8 Å². The van der Waals surface area contributed by atoms with E-state index in [1.54, 1.807) is 6.08 Å². The summed E-state index contributed by atoms with van der Waals surface area (Å²) in [6.07, 6.45) is 9.08. The topological polar surface area (TPSA) is 79.0 Å². The molecule has 140 valence electrons. The van der Waals surface area contributed by atoms with Crippen LogP contribution in [0.5, 0.6) is 0 Å². The predicted octanol–water partition coefficient (Wildman–Crippen LogP) is 1.05. The van der Waals surface area contributed by atoms with Crippen molar-refractivity contribution < 1.29 is 24.7 Å². The number of quaternary nitrogens is 1. The van der Waals surface area contributed by atoms with E-state index in [2.05, 4.69) is 7.05 Å². The van der Waals surface area contributed by atoms with Crippen molar-refractivity contribution in [3.05, 3.63) is 35.1 Å². The number of fused-ring (bicyclic) bond motifs is 3. The molecule has 4 aliphatic rings. The van der Waals surface area contributed by atoms with Crippen molar-refractivity contribution in [3.8, 4) is 0 Å². The molecule has 2 saturated carbocycles. The molecule has 4 aliphatic carbocycles. The van der Waals surface area contributed by atoms with Gasteiger partial charge in [0.2, 0.25) is 5.78 Å². The molecule has 0 saturated heterocycles. The van der Waals surface area contributed by atoms with Crippen LogP contribution < -0.4 is 4.90 Å². The van der Waals surface area contributed by atoms with Crippen LogP contribution in [0.15, 0.2) is 35.1 Å². The predicted molar refractivity (Wildman–Crippen MR) is 96.7 cm³/mol. The van der Waals surface area contributed by atoms with Crippen molar-refractivity contribution in [3.63, 3.8) is 0 Å². The Hall–Kier alpha value is -1.72. The summed E-state index contributed by atoms with van der Waals surface area (Å²) in [4.78, 5) is 25.8. The molecule has 1 unspecified atom stereocenters. The number of carbonyl (C=O) groups excluding carboxylic acids is 2. The first-order chi connectivity index (χ1) is 12.3. The van der Waals surface area contributed by atoms with Crippen LogP contribution in [0, 0.1) is 11.3 Å². The van der Waals surface area contributed by atoms with Gasteiger partial charge in [0.25, 0.3) is 0 Å². The SMILES string of the molecule is CC[C@]12CC(=O)CC[C@@]1(O)[C@H]([NH+](C)CC1CC1)C=C1C=CC(=O)C(O)=C12. The number of nitrogens with one attached hydrogen (secondary N) is 1. The second-order valence-corrected chi connectivity index (χ2v) is 8.59. The number of hydrogen-bond acceptors (Lipinski definition) is 4. The van der Waals surface area contributed by atoms with Crippen LogP contribution in [-0.2, 0) is 9.59 Å². The number of likely N-dealkylation sites (N-methyl/N-ethyl adjacent to an activating group) is 1. The maximum Gasteiger partial charge on any atom is 0.220 e. The van der Waals surface area contributed by atoms with E-state index >= 15 is 0 Å². The molecule has 0 aliphatic heterocycles.